The van der Waals surface area contributed by atoms with Crippen LogP contribution < -0.4 is 0 Å². The van der Waals surface area contributed by atoms with E-state index >= 15 is 0 Å². The molecule has 0 saturated carbocycles. The summed E-state index contributed by atoms with van der Waals surface area (Å²) in [5, 5.41) is 13.7. The monoisotopic (exact) mass is 373 g/mol. The lowest BCUT2D eigenvalue weighted by Crippen LogP contribution is -2.22. The molecule has 0 radical (unpaired) electrons. The summed E-state index contributed by atoms with van der Waals surface area (Å²) in [7, 11) is 1.94. The quantitative estimate of drug-likeness (QED) is 0.562. The van der Waals surface area contributed by atoms with Gasteiger partial charge in [-0.05, 0) is 30.7 Å². The normalized spacial score (nSPS) is 11.4. The van der Waals surface area contributed by atoms with Gasteiger partial charge >= 0.3 is 0 Å². The highest BCUT2D eigenvalue weighted by atomic mass is 16.3. The number of aliphatic hydroxyl groups is 1. The first kappa shape index (κ1) is 18.3. The van der Waals surface area contributed by atoms with Gasteiger partial charge in [0.1, 0.15) is 0 Å². The van der Waals surface area contributed by atoms with Crippen LogP contribution in [0.3, 0.4) is 0 Å². The first-order valence-electron chi connectivity index (χ1n) is 9.32. The van der Waals surface area contributed by atoms with Crippen molar-refractivity contribution < 1.29 is 5.11 Å². The van der Waals surface area contributed by atoms with Gasteiger partial charge in [0.2, 0.25) is 0 Å². The fourth-order valence-corrected chi connectivity index (χ4v) is 3.39. The minimum Gasteiger partial charge on any atom is -0.395 e. The lowest BCUT2D eigenvalue weighted by molar-refractivity contribution is 0.215. The van der Waals surface area contributed by atoms with E-state index in [0.717, 1.165) is 17.0 Å². The second kappa shape index (κ2) is 7.88. The minimum atomic E-state index is 0.123. The molecule has 0 spiro atoms. The Balaban J connectivity index is 1.70. The Morgan fingerprint density at radius 3 is 2.61 bits per heavy atom. The number of imidazole rings is 1. The van der Waals surface area contributed by atoms with Crippen molar-refractivity contribution in [3.8, 4) is 22.4 Å². The van der Waals surface area contributed by atoms with Crippen LogP contribution in [0, 0.1) is 6.92 Å². The number of benzene rings is 2. The molecule has 4 rings (SSSR count). The maximum Gasteiger partial charge on any atom is 0.251 e. The van der Waals surface area contributed by atoms with E-state index in [1.165, 1.54) is 16.7 Å². The average molecular weight is 373 g/mol. The third kappa shape index (κ3) is 3.65. The van der Waals surface area contributed by atoms with Crippen molar-refractivity contribution in [1.29, 1.82) is 0 Å². The van der Waals surface area contributed by atoms with Gasteiger partial charge in [-0.2, -0.15) is 5.10 Å². The number of likely N-dealkylation sites (N-methyl/N-ethyl adjacent to an activating group) is 1. The molecule has 4 aromatic rings. The van der Waals surface area contributed by atoms with E-state index in [2.05, 4.69) is 64.5 Å². The summed E-state index contributed by atoms with van der Waals surface area (Å²) in [6, 6.07) is 16.6. The largest absolute Gasteiger partial charge is 0.395 e. The van der Waals surface area contributed by atoms with Crippen LogP contribution in [0.15, 0.2) is 60.9 Å². The van der Waals surface area contributed by atoms with E-state index in [0.29, 0.717) is 18.9 Å². The Kier molecular flexibility index (Phi) is 5.14. The predicted molar refractivity (Wildman–Crippen MR) is 110 cm³/mol. The second-order valence-corrected chi connectivity index (χ2v) is 6.93. The molecule has 0 amide bonds. The molecule has 2 heterocycles. The number of nitrogens with zero attached hydrogens (tertiary/aromatic N) is 5. The molecule has 0 fully saturated rings. The number of aromatic nitrogens is 4. The van der Waals surface area contributed by atoms with E-state index in [-0.39, 0.29) is 6.61 Å². The third-order valence-electron chi connectivity index (χ3n) is 4.84. The summed E-state index contributed by atoms with van der Waals surface area (Å²) in [4.78, 5) is 11.1. The van der Waals surface area contributed by atoms with Crippen molar-refractivity contribution in [2.45, 2.75) is 13.5 Å². The topological polar surface area (TPSA) is 66.5 Å². The fourth-order valence-electron chi connectivity index (χ4n) is 3.39. The second-order valence-electron chi connectivity index (χ2n) is 6.93. The average Bonchev–Trinajstić information content (AvgIpc) is 3.12. The zero-order valence-corrected chi connectivity index (χ0v) is 16.1. The maximum atomic E-state index is 9.05. The highest BCUT2D eigenvalue weighted by molar-refractivity contribution is 5.77. The van der Waals surface area contributed by atoms with Crippen LogP contribution in [0.4, 0.5) is 0 Å². The Bertz CT molecular complexity index is 1090. The molecule has 142 valence electrons. The fraction of sp³-hybridized carbons (Fsp3) is 0.227. The van der Waals surface area contributed by atoms with Crippen molar-refractivity contribution in [3.05, 3.63) is 72.2 Å². The van der Waals surface area contributed by atoms with Crippen molar-refractivity contribution in [2.75, 3.05) is 20.2 Å². The van der Waals surface area contributed by atoms with Gasteiger partial charge in [0.05, 0.1) is 30.4 Å². The van der Waals surface area contributed by atoms with Gasteiger partial charge in [-0.25, -0.2) is 14.5 Å². The maximum absolute atomic E-state index is 9.05. The number of aliphatic hydroxyl groups excluding tert-OH is 1. The molecule has 0 saturated heterocycles. The number of fused-ring (bicyclic) bond motifs is 1. The van der Waals surface area contributed by atoms with E-state index in [1.807, 2.05) is 24.2 Å². The summed E-state index contributed by atoms with van der Waals surface area (Å²) in [5.74, 6) is 0.577. The van der Waals surface area contributed by atoms with E-state index < -0.39 is 0 Å². The smallest absolute Gasteiger partial charge is 0.251 e. The van der Waals surface area contributed by atoms with Crippen LogP contribution in [-0.2, 0) is 6.54 Å². The molecule has 2 aromatic heterocycles. The molecule has 0 unspecified atom stereocenters. The van der Waals surface area contributed by atoms with Crippen LogP contribution in [0.1, 0.15) is 11.3 Å². The van der Waals surface area contributed by atoms with E-state index in [1.54, 1.807) is 10.7 Å². The summed E-state index contributed by atoms with van der Waals surface area (Å²) in [6.45, 7) is 3.47. The Morgan fingerprint density at radius 1 is 1.04 bits per heavy atom. The van der Waals surface area contributed by atoms with Crippen LogP contribution in [0.25, 0.3) is 28.2 Å². The summed E-state index contributed by atoms with van der Waals surface area (Å²) in [6.07, 6.45) is 3.67. The van der Waals surface area contributed by atoms with Gasteiger partial charge in [0.25, 0.3) is 5.78 Å². The molecule has 28 heavy (non-hydrogen) atoms. The number of rotatable bonds is 6. The minimum absolute atomic E-state index is 0.123. The molecule has 0 aliphatic rings. The predicted octanol–water partition coefficient (Wildman–Crippen LogP) is 3.19. The number of hydrogen-bond acceptors (Lipinski definition) is 5. The Hall–Kier alpha value is -3.09. The van der Waals surface area contributed by atoms with Gasteiger partial charge in [-0.1, -0.05) is 48.5 Å². The van der Waals surface area contributed by atoms with Crippen LogP contribution in [0.5, 0.6) is 0 Å². The van der Waals surface area contributed by atoms with Gasteiger partial charge in [0.15, 0.2) is 0 Å². The van der Waals surface area contributed by atoms with Crippen LogP contribution in [-0.4, -0.2) is 49.8 Å². The molecule has 6 nitrogen and oxygen atoms in total. The molecule has 6 heteroatoms. The van der Waals surface area contributed by atoms with Crippen molar-refractivity contribution >= 4 is 5.78 Å². The SMILES string of the molecule is Cc1c(-c2ccccc2)cccc1-c1cn2nc(CN(C)CCO)cnc2n1. The Labute approximate surface area is 164 Å². The zero-order chi connectivity index (χ0) is 19.5. The molecular weight excluding hydrogens is 350 g/mol. The Morgan fingerprint density at radius 2 is 1.82 bits per heavy atom. The molecule has 0 aliphatic carbocycles. The van der Waals surface area contributed by atoms with Crippen molar-refractivity contribution in [1.82, 2.24) is 24.5 Å². The molecule has 0 bridgehead atoms. The molecule has 0 atom stereocenters. The summed E-state index contributed by atoms with van der Waals surface area (Å²) in [5.41, 5.74) is 6.34. The van der Waals surface area contributed by atoms with E-state index in [9.17, 15) is 0 Å². The van der Waals surface area contributed by atoms with Crippen LogP contribution in [0.2, 0.25) is 0 Å². The van der Waals surface area contributed by atoms with Gasteiger partial charge in [0, 0.05) is 18.7 Å². The number of hydrogen-bond donors (Lipinski definition) is 1. The van der Waals surface area contributed by atoms with Gasteiger partial charge in [-0.15, -0.1) is 0 Å². The standard InChI is InChI=1S/C22H23N5O/c1-16-19(17-7-4-3-5-8-17)9-6-10-20(16)21-15-27-22(24-21)23-13-18(25-27)14-26(2)11-12-28/h3-10,13,15,28H,11-12,14H2,1-2H3. The highest BCUT2D eigenvalue weighted by Crippen LogP contribution is 2.31. The molecule has 2 aromatic carbocycles. The lowest BCUT2D eigenvalue weighted by atomic mass is 9.95. The summed E-state index contributed by atoms with van der Waals surface area (Å²) < 4.78 is 1.73. The van der Waals surface area contributed by atoms with E-state index in [4.69, 9.17) is 5.11 Å². The highest BCUT2D eigenvalue weighted by Gasteiger charge is 2.13. The van der Waals surface area contributed by atoms with Gasteiger partial charge < -0.3 is 5.11 Å². The third-order valence-corrected chi connectivity index (χ3v) is 4.84. The van der Waals surface area contributed by atoms with Gasteiger partial charge in [-0.3, -0.25) is 4.90 Å². The van der Waals surface area contributed by atoms with Crippen molar-refractivity contribution in [2.24, 2.45) is 0 Å². The molecular formula is C22H23N5O. The lowest BCUT2D eigenvalue weighted by Gasteiger charge is -2.13. The zero-order valence-electron chi connectivity index (χ0n) is 16.1. The molecule has 1 N–H and O–H groups in total. The van der Waals surface area contributed by atoms with Crippen LogP contribution >= 0.6 is 0 Å². The van der Waals surface area contributed by atoms with Crippen molar-refractivity contribution in [3.63, 3.8) is 0 Å². The first-order valence-corrected chi connectivity index (χ1v) is 9.32. The first-order chi connectivity index (χ1) is 13.7. The molecule has 0 aliphatic heterocycles. The summed E-state index contributed by atoms with van der Waals surface area (Å²) >= 11 is 0.